The Morgan fingerprint density at radius 2 is 1.91 bits per heavy atom. The lowest BCUT2D eigenvalue weighted by molar-refractivity contribution is -0.121. The number of ether oxygens (including phenoxy) is 1. The normalized spacial score (nSPS) is 11.8. The number of aryl methyl sites for hydroxylation is 1. The highest BCUT2D eigenvalue weighted by molar-refractivity contribution is 5.90. The Hall–Kier alpha value is -4.25. The zero-order chi connectivity index (χ0) is 23.9. The molecule has 1 unspecified atom stereocenters. The van der Waals surface area contributed by atoms with Gasteiger partial charge in [-0.2, -0.15) is 10.1 Å². The van der Waals surface area contributed by atoms with Crippen molar-refractivity contribution in [3.8, 4) is 17.1 Å². The number of hydrogen-bond donors (Lipinski definition) is 4. The van der Waals surface area contributed by atoms with Crippen LogP contribution in [-0.2, 0) is 11.2 Å². The van der Waals surface area contributed by atoms with Crippen LogP contribution in [0.5, 0.6) is 5.75 Å². The predicted molar refractivity (Wildman–Crippen MR) is 124 cm³/mol. The Labute approximate surface area is 194 Å². The molecule has 0 fully saturated rings. The molecule has 0 saturated carbocycles. The van der Waals surface area contributed by atoms with Gasteiger partial charge in [-0.05, 0) is 30.3 Å². The van der Waals surface area contributed by atoms with Gasteiger partial charge in [0.25, 0.3) is 5.56 Å². The number of fused-ring (bicyclic) bond motifs is 1. The lowest BCUT2D eigenvalue weighted by Gasteiger charge is -2.14. The molecular weight excluding hydrogens is 440 g/mol. The monoisotopic (exact) mass is 464 g/mol. The SMILES string of the molecule is COc1ccc(-c2noc(CCC(=O)NCC(O)CNc3n[nH]c(=O)c4ccccc34)n2)cc1. The summed E-state index contributed by atoms with van der Waals surface area (Å²) in [5.74, 6) is 1.70. The molecule has 0 aliphatic rings. The maximum atomic E-state index is 12.2. The van der Waals surface area contributed by atoms with Crippen molar-refractivity contribution in [2.24, 2.45) is 0 Å². The summed E-state index contributed by atoms with van der Waals surface area (Å²) in [5, 5.41) is 27.4. The van der Waals surface area contributed by atoms with E-state index in [-0.39, 0.29) is 37.4 Å². The molecule has 2 heterocycles. The zero-order valence-corrected chi connectivity index (χ0v) is 18.4. The van der Waals surface area contributed by atoms with Crippen molar-refractivity contribution in [3.63, 3.8) is 0 Å². The molecule has 1 amide bonds. The number of carbonyl (C=O) groups excluding carboxylic acids is 1. The maximum Gasteiger partial charge on any atom is 0.272 e. The number of H-pyrrole nitrogens is 1. The van der Waals surface area contributed by atoms with Crippen molar-refractivity contribution in [1.29, 1.82) is 0 Å². The Balaban J connectivity index is 1.22. The maximum absolute atomic E-state index is 12.2. The number of rotatable bonds is 10. The molecule has 1 atom stereocenters. The van der Waals surface area contributed by atoms with Crippen LogP contribution < -0.4 is 20.9 Å². The molecule has 0 aliphatic carbocycles. The smallest absolute Gasteiger partial charge is 0.272 e. The third-order valence-corrected chi connectivity index (χ3v) is 5.12. The van der Waals surface area contributed by atoms with Gasteiger partial charge in [-0.15, -0.1) is 0 Å². The van der Waals surface area contributed by atoms with Gasteiger partial charge in [-0.25, -0.2) is 5.10 Å². The molecular formula is C23H24N6O5. The molecule has 4 N–H and O–H groups in total. The number of carbonyl (C=O) groups is 1. The van der Waals surface area contributed by atoms with Crippen LogP contribution in [0, 0.1) is 0 Å². The second-order valence-electron chi connectivity index (χ2n) is 7.53. The molecule has 0 radical (unpaired) electrons. The van der Waals surface area contributed by atoms with E-state index in [9.17, 15) is 14.7 Å². The molecule has 11 heteroatoms. The molecule has 0 saturated heterocycles. The standard InChI is InChI=1S/C23H24N6O5/c1-33-16-8-6-14(7-9-16)21-26-20(34-29-21)11-10-19(31)24-12-15(30)13-25-22-17-4-2-3-5-18(17)23(32)28-27-22/h2-9,15,30H,10-13H2,1H3,(H,24,31)(H,25,27)(H,28,32). The summed E-state index contributed by atoms with van der Waals surface area (Å²) in [6.45, 7) is 0.187. The zero-order valence-electron chi connectivity index (χ0n) is 18.4. The Morgan fingerprint density at radius 3 is 2.68 bits per heavy atom. The van der Waals surface area contributed by atoms with Crippen molar-refractivity contribution in [2.45, 2.75) is 18.9 Å². The summed E-state index contributed by atoms with van der Waals surface area (Å²) in [6, 6.07) is 14.3. The molecule has 34 heavy (non-hydrogen) atoms. The number of aromatic nitrogens is 4. The largest absolute Gasteiger partial charge is 0.497 e. The molecule has 0 aliphatic heterocycles. The van der Waals surface area contributed by atoms with Crippen LogP contribution in [0.15, 0.2) is 57.8 Å². The minimum absolute atomic E-state index is 0.0497. The lowest BCUT2D eigenvalue weighted by atomic mass is 10.2. The first kappa shape index (κ1) is 22.9. The first-order valence-electron chi connectivity index (χ1n) is 10.7. The van der Waals surface area contributed by atoms with Crippen LogP contribution in [0.1, 0.15) is 12.3 Å². The second-order valence-corrected chi connectivity index (χ2v) is 7.53. The van der Waals surface area contributed by atoms with Crippen molar-refractivity contribution in [3.05, 3.63) is 64.8 Å². The van der Waals surface area contributed by atoms with E-state index in [0.29, 0.717) is 28.3 Å². The number of methoxy groups -OCH3 is 1. The van der Waals surface area contributed by atoms with Gasteiger partial charge in [0, 0.05) is 36.9 Å². The summed E-state index contributed by atoms with van der Waals surface area (Å²) >= 11 is 0. The van der Waals surface area contributed by atoms with Gasteiger partial charge in [0.1, 0.15) is 5.75 Å². The Bertz CT molecular complexity index is 1320. The number of amides is 1. The number of aliphatic hydroxyl groups is 1. The fourth-order valence-corrected chi connectivity index (χ4v) is 3.29. The van der Waals surface area contributed by atoms with Crippen molar-refractivity contribution in [1.82, 2.24) is 25.7 Å². The molecule has 0 bridgehead atoms. The number of aliphatic hydroxyl groups excluding tert-OH is 1. The van der Waals surface area contributed by atoms with Crippen LogP contribution in [0.3, 0.4) is 0 Å². The molecule has 4 rings (SSSR count). The second kappa shape index (κ2) is 10.6. The highest BCUT2D eigenvalue weighted by Crippen LogP contribution is 2.20. The Kier molecular flexibility index (Phi) is 7.13. The quantitative estimate of drug-likeness (QED) is 0.273. The highest BCUT2D eigenvalue weighted by atomic mass is 16.5. The number of hydrogen-bond acceptors (Lipinski definition) is 9. The fraction of sp³-hybridized carbons (Fsp3) is 0.261. The summed E-state index contributed by atoms with van der Waals surface area (Å²) in [5.41, 5.74) is 0.493. The number of aromatic amines is 1. The van der Waals surface area contributed by atoms with Crippen molar-refractivity contribution in [2.75, 3.05) is 25.5 Å². The highest BCUT2D eigenvalue weighted by Gasteiger charge is 2.13. The van der Waals surface area contributed by atoms with Crippen LogP contribution in [0.25, 0.3) is 22.2 Å². The predicted octanol–water partition coefficient (Wildman–Crippen LogP) is 1.50. The molecule has 176 valence electrons. The van der Waals surface area contributed by atoms with E-state index in [1.807, 2.05) is 12.1 Å². The van der Waals surface area contributed by atoms with E-state index in [0.717, 1.165) is 11.3 Å². The van der Waals surface area contributed by atoms with Crippen molar-refractivity contribution >= 4 is 22.5 Å². The van der Waals surface area contributed by atoms with Gasteiger partial charge < -0.3 is 25.0 Å². The topological polar surface area (TPSA) is 155 Å². The van der Waals surface area contributed by atoms with Crippen LogP contribution >= 0.6 is 0 Å². The van der Waals surface area contributed by atoms with E-state index < -0.39 is 6.10 Å². The van der Waals surface area contributed by atoms with Crippen LogP contribution in [0.4, 0.5) is 5.82 Å². The number of nitrogens with zero attached hydrogens (tertiary/aromatic N) is 3. The van der Waals surface area contributed by atoms with Crippen molar-refractivity contribution < 1.29 is 19.2 Å². The molecule has 2 aromatic heterocycles. The van der Waals surface area contributed by atoms with Gasteiger partial charge >= 0.3 is 0 Å². The van der Waals surface area contributed by atoms with Gasteiger partial charge in [-0.1, -0.05) is 23.4 Å². The minimum atomic E-state index is -0.860. The molecule has 2 aromatic carbocycles. The average molecular weight is 464 g/mol. The van der Waals surface area contributed by atoms with Gasteiger partial charge in [0.05, 0.1) is 18.6 Å². The summed E-state index contributed by atoms with van der Waals surface area (Å²) in [6.07, 6.45) is -0.450. The van der Waals surface area contributed by atoms with Crippen LogP contribution in [0.2, 0.25) is 0 Å². The van der Waals surface area contributed by atoms with E-state index in [2.05, 4.69) is 31.0 Å². The van der Waals surface area contributed by atoms with E-state index >= 15 is 0 Å². The number of benzene rings is 2. The first-order chi connectivity index (χ1) is 16.5. The molecule has 0 spiro atoms. The Morgan fingerprint density at radius 1 is 1.15 bits per heavy atom. The minimum Gasteiger partial charge on any atom is -0.497 e. The van der Waals surface area contributed by atoms with E-state index in [4.69, 9.17) is 9.26 Å². The number of anilines is 1. The lowest BCUT2D eigenvalue weighted by Crippen LogP contribution is -2.36. The van der Waals surface area contributed by atoms with E-state index in [1.165, 1.54) is 0 Å². The molecule has 4 aromatic rings. The third kappa shape index (κ3) is 5.56. The fourth-order valence-electron chi connectivity index (χ4n) is 3.29. The van der Waals surface area contributed by atoms with Gasteiger partial charge in [0.2, 0.25) is 17.6 Å². The number of nitrogens with one attached hydrogen (secondary N) is 3. The average Bonchev–Trinajstić information content (AvgIpc) is 3.35. The first-order valence-corrected chi connectivity index (χ1v) is 10.7. The summed E-state index contributed by atoms with van der Waals surface area (Å²) in [4.78, 5) is 28.3. The summed E-state index contributed by atoms with van der Waals surface area (Å²) < 4.78 is 10.3. The van der Waals surface area contributed by atoms with Crippen LogP contribution in [-0.4, -0.2) is 57.7 Å². The van der Waals surface area contributed by atoms with Gasteiger partial charge in [0.15, 0.2) is 5.82 Å². The summed E-state index contributed by atoms with van der Waals surface area (Å²) in [7, 11) is 1.59. The third-order valence-electron chi connectivity index (χ3n) is 5.12. The van der Waals surface area contributed by atoms with Gasteiger partial charge in [-0.3, -0.25) is 9.59 Å². The van der Waals surface area contributed by atoms with E-state index in [1.54, 1.807) is 43.5 Å². The molecule has 11 nitrogen and oxygen atoms in total.